The summed E-state index contributed by atoms with van der Waals surface area (Å²) < 4.78 is 0.354. The molecular formula is C19H38NO4+. The van der Waals surface area contributed by atoms with E-state index in [-0.39, 0.29) is 18.7 Å². The van der Waals surface area contributed by atoms with Crippen LogP contribution in [0, 0.1) is 0 Å². The fourth-order valence-corrected chi connectivity index (χ4v) is 3.11. The molecule has 5 heteroatoms. The van der Waals surface area contributed by atoms with Crippen LogP contribution in [0.15, 0.2) is 0 Å². The average Bonchev–Trinajstić information content (AvgIpc) is 2.42. The molecule has 0 aromatic carbocycles. The van der Waals surface area contributed by atoms with E-state index in [9.17, 15) is 14.7 Å². The first kappa shape index (κ1) is 23.1. The maximum atomic E-state index is 12.4. The highest BCUT2D eigenvalue weighted by molar-refractivity contribution is 5.90. The number of nitrogens with zero attached hydrogens (tertiary/aromatic N) is 1. The van der Waals surface area contributed by atoms with Crippen molar-refractivity contribution in [2.24, 2.45) is 0 Å². The van der Waals surface area contributed by atoms with Gasteiger partial charge in [0.2, 0.25) is 0 Å². The molecule has 0 aliphatic heterocycles. The fraction of sp³-hybridized carbons (Fsp3) is 0.895. The Labute approximate surface area is 147 Å². The van der Waals surface area contributed by atoms with Gasteiger partial charge in [0.25, 0.3) is 0 Å². The van der Waals surface area contributed by atoms with Crippen molar-refractivity contribution < 1.29 is 24.3 Å². The second-order valence-corrected chi connectivity index (χ2v) is 8.05. The van der Waals surface area contributed by atoms with Crippen molar-refractivity contribution in [2.75, 3.05) is 27.7 Å². The third-order valence-electron chi connectivity index (χ3n) is 4.21. The van der Waals surface area contributed by atoms with E-state index in [4.69, 9.17) is 5.11 Å². The molecule has 0 aromatic rings. The predicted molar refractivity (Wildman–Crippen MR) is 97.0 cm³/mol. The van der Waals surface area contributed by atoms with Gasteiger partial charge in [-0.25, -0.2) is 0 Å². The lowest BCUT2D eigenvalue weighted by Gasteiger charge is -2.33. The Bertz CT molecular complexity index is 376. The highest BCUT2D eigenvalue weighted by Crippen LogP contribution is 2.20. The number of aliphatic carboxylic acids is 1. The Morgan fingerprint density at radius 3 is 1.75 bits per heavy atom. The molecule has 0 unspecified atom stereocenters. The molecule has 0 rings (SSSR count). The Balaban J connectivity index is 4.13. The number of rotatable bonds is 15. The molecule has 142 valence electrons. The number of hydrogen-bond acceptors (Lipinski definition) is 3. The lowest BCUT2D eigenvalue weighted by Crippen LogP contribution is -2.54. The number of carbonyl (C=O) groups excluding carboxylic acids is 1. The third-order valence-corrected chi connectivity index (χ3v) is 4.21. The van der Waals surface area contributed by atoms with Crippen molar-refractivity contribution in [1.82, 2.24) is 0 Å². The molecule has 0 spiro atoms. The Morgan fingerprint density at radius 2 is 1.33 bits per heavy atom. The van der Waals surface area contributed by atoms with E-state index in [1.807, 2.05) is 21.1 Å². The minimum atomic E-state index is -1.76. The van der Waals surface area contributed by atoms with Gasteiger partial charge in [0.15, 0.2) is 11.4 Å². The molecule has 1 atom stereocenters. The van der Waals surface area contributed by atoms with Gasteiger partial charge < -0.3 is 14.7 Å². The van der Waals surface area contributed by atoms with E-state index in [0.717, 1.165) is 19.3 Å². The largest absolute Gasteiger partial charge is 0.481 e. The normalized spacial score (nSPS) is 14.4. The third kappa shape index (κ3) is 11.6. The molecule has 2 N–H and O–H groups in total. The zero-order valence-electron chi connectivity index (χ0n) is 16.1. The molecule has 0 aromatic heterocycles. The van der Waals surface area contributed by atoms with Crippen molar-refractivity contribution in [3.8, 4) is 0 Å². The number of likely N-dealkylation sites (N-methyl/N-ethyl adjacent to an activating group) is 1. The highest BCUT2D eigenvalue weighted by Gasteiger charge is 2.42. The number of ketones is 1. The van der Waals surface area contributed by atoms with Crippen molar-refractivity contribution >= 4 is 11.8 Å². The summed E-state index contributed by atoms with van der Waals surface area (Å²) in [6.45, 7) is 2.33. The summed E-state index contributed by atoms with van der Waals surface area (Å²) in [4.78, 5) is 23.4. The van der Waals surface area contributed by atoms with Crippen LogP contribution in [0.5, 0.6) is 0 Å². The monoisotopic (exact) mass is 344 g/mol. The number of carboxylic acid groups (broad SMARTS) is 1. The molecule has 0 fully saturated rings. The quantitative estimate of drug-likeness (QED) is 0.353. The van der Waals surface area contributed by atoms with Crippen molar-refractivity contribution in [3.63, 3.8) is 0 Å². The van der Waals surface area contributed by atoms with E-state index >= 15 is 0 Å². The SMILES string of the molecule is CCCCCCCCCCCC(=O)[C@](O)(CC(=O)O)C[N+](C)(C)C. The molecule has 5 nitrogen and oxygen atoms in total. The second-order valence-electron chi connectivity index (χ2n) is 8.05. The minimum Gasteiger partial charge on any atom is -0.481 e. The van der Waals surface area contributed by atoms with E-state index in [2.05, 4.69) is 6.92 Å². The van der Waals surface area contributed by atoms with E-state index in [0.29, 0.717) is 4.48 Å². The molecule has 0 aliphatic rings. The maximum absolute atomic E-state index is 12.4. The van der Waals surface area contributed by atoms with Crippen molar-refractivity contribution in [2.45, 2.75) is 83.2 Å². The summed E-state index contributed by atoms with van der Waals surface area (Å²) in [5.74, 6) is -1.47. The van der Waals surface area contributed by atoms with Gasteiger partial charge in [0, 0.05) is 6.42 Å². The molecule has 0 amide bonds. The number of aliphatic hydroxyl groups is 1. The number of carbonyl (C=O) groups is 2. The predicted octanol–water partition coefficient (Wildman–Crippen LogP) is 3.39. The summed E-state index contributed by atoms with van der Waals surface area (Å²) in [5, 5.41) is 19.6. The minimum absolute atomic E-state index is 0.121. The maximum Gasteiger partial charge on any atom is 0.306 e. The Hall–Kier alpha value is -0.940. The van der Waals surface area contributed by atoms with Gasteiger partial charge in [-0.15, -0.1) is 0 Å². The van der Waals surface area contributed by atoms with Crippen LogP contribution in [0.2, 0.25) is 0 Å². The van der Waals surface area contributed by atoms with Crippen LogP contribution in [0.25, 0.3) is 0 Å². The molecule has 0 aliphatic carbocycles. The Morgan fingerprint density at radius 1 is 0.875 bits per heavy atom. The van der Waals surface area contributed by atoms with Crippen LogP contribution >= 0.6 is 0 Å². The molecule has 0 bridgehead atoms. The first-order valence-corrected chi connectivity index (χ1v) is 9.38. The highest BCUT2D eigenvalue weighted by atomic mass is 16.4. The van der Waals surface area contributed by atoms with Crippen LogP contribution in [0.3, 0.4) is 0 Å². The van der Waals surface area contributed by atoms with Gasteiger partial charge >= 0.3 is 5.97 Å². The van der Waals surface area contributed by atoms with Crippen LogP contribution in [-0.4, -0.2) is 59.7 Å². The Kier molecular flexibility index (Phi) is 11.1. The van der Waals surface area contributed by atoms with Crippen molar-refractivity contribution in [1.29, 1.82) is 0 Å². The summed E-state index contributed by atoms with van der Waals surface area (Å²) in [6.07, 6.45) is 10.1. The first-order valence-electron chi connectivity index (χ1n) is 9.38. The van der Waals surface area contributed by atoms with E-state index in [1.54, 1.807) is 0 Å². The lowest BCUT2D eigenvalue weighted by molar-refractivity contribution is -0.875. The summed E-state index contributed by atoms with van der Waals surface area (Å²) in [6, 6.07) is 0. The number of unbranched alkanes of at least 4 members (excludes halogenated alkanes) is 8. The molecule has 0 saturated carbocycles. The first-order chi connectivity index (χ1) is 11.1. The summed E-state index contributed by atoms with van der Waals surface area (Å²) >= 11 is 0. The smallest absolute Gasteiger partial charge is 0.306 e. The van der Waals surface area contributed by atoms with Crippen LogP contribution in [0.4, 0.5) is 0 Å². The number of hydrogen-bond donors (Lipinski definition) is 2. The molecular weight excluding hydrogens is 306 g/mol. The lowest BCUT2D eigenvalue weighted by atomic mass is 9.89. The van der Waals surface area contributed by atoms with Gasteiger partial charge in [-0.3, -0.25) is 9.59 Å². The number of carboxylic acids is 1. The molecule has 0 radical (unpaired) electrons. The van der Waals surface area contributed by atoms with Gasteiger partial charge in [0.1, 0.15) is 6.54 Å². The van der Waals surface area contributed by atoms with E-state index < -0.39 is 18.0 Å². The van der Waals surface area contributed by atoms with Crippen LogP contribution in [-0.2, 0) is 9.59 Å². The standard InChI is InChI=1S/C19H37NO4/c1-5-6-7-8-9-10-11-12-13-14-17(21)19(24,15-18(22)23)16-20(2,3)4/h24H,5-16H2,1-4H3/p+1/t19-/m0/s1. The van der Waals surface area contributed by atoms with E-state index in [1.165, 1.54) is 38.5 Å². The summed E-state index contributed by atoms with van der Waals surface area (Å²) in [5.41, 5.74) is -1.76. The second kappa shape index (κ2) is 11.6. The van der Waals surface area contributed by atoms with Crippen LogP contribution in [0.1, 0.15) is 77.6 Å². The number of quaternary nitrogens is 1. The fourth-order valence-electron chi connectivity index (χ4n) is 3.11. The molecule has 0 saturated heterocycles. The average molecular weight is 345 g/mol. The van der Waals surface area contributed by atoms with Crippen molar-refractivity contribution in [3.05, 3.63) is 0 Å². The molecule has 0 heterocycles. The topological polar surface area (TPSA) is 74.6 Å². The zero-order chi connectivity index (χ0) is 18.6. The number of Topliss-reactive ketones (excluding diaryl/α,β-unsaturated/α-hetero) is 1. The van der Waals surface area contributed by atoms with Gasteiger partial charge in [-0.05, 0) is 6.42 Å². The summed E-state index contributed by atoms with van der Waals surface area (Å²) in [7, 11) is 5.54. The zero-order valence-corrected chi connectivity index (χ0v) is 16.1. The van der Waals surface area contributed by atoms with Gasteiger partial charge in [0.05, 0.1) is 27.6 Å². The van der Waals surface area contributed by atoms with Gasteiger partial charge in [-0.1, -0.05) is 58.3 Å². The molecule has 24 heavy (non-hydrogen) atoms. The van der Waals surface area contributed by atoms with Crippen LogP contribution < -0.4 is 0 Å². The van der Waals surface area contributed by atoms with Gasteiger partial charge in [-0.2, -0.15) is 0 Å².